The van der Waals surface area contributed by atoms with E-state index in [9.17, 15) is 23.1 Å². The summed E-state index contributed by atoms with van der Waals surface area (Å²) in [7, 11) is -2.74. The average molecular weight is 356 g/mol. The zero-order valence-electron chi connectivity index (χ0n) is 13.4. The van der Waals surface area contributed by atoms with E-state index in [1.165, 1.54) is 19.2 Å². The van der Waals surface area contributed by atoms with Crippen molar-refractivity contribution >= 4 is 21.9 Å². The monoisotopic (exact) mass is 356 g/mol. The fourth-order valence-electron chi connectivity index (χ4n) is 2.96. The Labute approximate surface area is 140 Å². The van der Waals surface area contributed by atoms with E-state index in [-0.39, 0.29) is 28.7 Å². The number of carbonyl (C=O) groups excluding carboxylic acids is 1. The molecular formula is C15H20N2O6S. The third kappa shape index (κ3) is 3.22. The highest BCUT2D eigenvalue weighted by Gasteiger charge is 2.41. The SMILES string of the molecule is COc1ccc(S(=O)(=O)N2CCCC(C)C2C(=O)O)cc1C(N)=O. The van der Waals surface area contributed by atoms with Gasteiger partial charge in [-0.2, -0.15) is 4.31 Å². The maximum atomic E-state index is 12.9. The summed E-state index contributed by atoms with van der Waals surface area (Å²) in [6.07, 6.45) is 1.21. The van der Waals surface area contributed by atoms with Gasteiger partial charge in [-0.1, -0.05) is 6.92 Å². The van der Waals surface area contributed by atoms with Crippen molar-refractivity contribution in [3.63, 3.8) is 0 Å². The number of nitrogens with two attached hydrogens (primary N) is 1. The standard InChI is InChI=1S/C15H20N2O6S/c1-9-4-3-7-17(13(9)15(19)20)24(21,22)10-5-6-12(23-2)11(8-10)14(16)18/h5-6,8-9,13H,3-4,7H2,1-2H3,(H2,16,18)(H,19,20). The minimum absolute atomic E-state index is 0.0736. The second-order valence-corrected chi connectivity index (χ2v) is 7.64. The molecule has 0 aromatic heterocycles. The number of hydrogen-bond donors (Lipinski definition) is 2. The number of carboxylic acids is 1. The molecule has 0 aliphatic carbocycles. The lowest BCUT2D eigenvalue weighted by Crippen LogP contribution is -2.51. The molecule has 0 spiro atoms. The first-order valence-electron chi connectivity index (χ1n) is 7.42. The number of amides is 1. The van der Waals surface area contributed by atoms with Gasteiger partial charge in [0.25, 0.3) is 5.91 Å². The summed E-state index contributed by atoms with van der Waals surface area (Å²) in [4.78, 5) is 22.8. The van der Waals surface area contributed by atoms with Crippen LogP contribution < -0.4 is 10.5 Å². The minimum atomic E-state index is -4.08. The highest BCUT2D eigenvalue weighted by Crippen LogP contribution is 2.31. The highest BCUT2D eigenvalue weighted by atomic mass is 32.2. The van der Waals surface area contributed by atoms with Crippen molar-refractivity contribution in [2.45, 2.75) is 30.7 Å². The molecule has 0 bridgehead atoms. The Bertz CT molecular complexity index is 761. The summed E-state index contributed by atoms with van der Waals surface area (Å²) >= 11 is 0. The predicted octanol–water partition coefficient (Wildman–Crippen LogP) is 0.668. The van der Waals surface area contributed by atoms with Gasteiger partial charge < -0.3 is 15.6 Å². The van der Waals surface area contributed by atoms with Crippen LogP contribution in [0.2, 0.25) is 0 Å². The zero-order chi connectivity index (χ0) is 18.1. The fourth-order valence-corrected chi connectivity index (χ4v) is 4.71. The molecule has 2 rings (SSSR count). The second kappa shape index (κ2) is 6.78. The average Bonchev–Trinajstić information content (AvgIpc) is 2.53. The molecular weight excluding hydrogens is 336 g/mol. The number of piperidine rings is 1. The number of benzene rings is 1. The predicted molar refractivity (Wildman–Crippen MR) is 85.2 cm³/mol. The number of aliphatic carboxylic acids is 1. The number of methoxy groups -OCH3 is 1. The lowest BCUT2D eigenvalue weighted by Gasteiger charge is -2.36. The minimum Gasteiger partial charge on any atom is -0.496 e. The van der Waals surface area contributed by atoms with Crippen LogP contribution in [0.15, 0.2) is 23.1 Å². The van der Waals surface area contributed by atoms with Gasteiger partial charge in [-0.05, 0) is 37.0 Å². The first-order valence-corrected chi connectivity index (χ1v) is 8.86. The number of rotatable bonds is 5. The fraction of sp³-hybridized carbons (Fsp3) is 0.467. The van der Waals surface area contributed by atoms with Crippen molar-refractivity contribution in [1.82, 2.24) is 4.31 Å². The van der Waals surface area contributed by atoms with E-state index >= 15 is 0 Å². The van der Waals surface area contributed by atoms with E-state index in [0.717, 1.165) is 10.4 Å². The van der Waals surface area contributed by atoms with Crippen molar-refractivity contribution in [1.29, 1.82) is 0 Å². The summed E-state index contributed by atoms with van der Waals surface area (Å²) < 4.78 is 31.8. The first kappa shape index (κ1) is 18.2. The Morgan fingerprint density at radius 2 is 2.04 bits per heavy atom. The summed E-state index contributed by atoms with van der Waals surface area (Å²) in [5.74, 6) is -2.16. The summed E-state index contributed by atoms with van der Waals surface area (Å²) in [5, 5.41) is 9.41. The molecule has 1 aliphatic heterocycles. The van der Waals surface area contributed by atoms with Gasteiger partial charge in [-0.15, -0.1) is 0 Å². The summed E-state index contributed by atoms with van der Waals surface area (Å²) in [6.45, 7) is 1.82. The van der Waals surface area contributed by atoms with E-state index in [4.69, 9.17) is 10.5 Å². The Morgan fingerprint density at radius 1 is 1.38 bits per heavy atom. The number of nitrogens with zero attached hydrogens (tertiary/aromatic N) is 1. The van der Waals surface area contributed by atoms with Gasteiger partial charge in [0.15, 0.2) is 0 Å². The van der Waals surface area contributed by atoms with E-state index in [0.29, 0.717) is 12.8 Å². The molecule has 1 aromatic rings. The molecule has 0 radical (unpaired) electrons. The Balaban J connectivity index is 2.51. The van der Waals surface area contributed by atoms with Gasteiger partial charge in [0.1, 0.15) is 11.8 Å². The number of primary amides is 1. The van der Waals surface area contributed by atoms with Crippen molar-refractivity contribution in [3.05, 3.63) is 23.8 Å². The first-order chi connectivity index (χ1) is 11.2. The van der Waals surface area contributed by atoms with Gasteiger partial charge in [0.05, 0.1) is 17.6 Å². The molecule has 1 saturated heterocycles. The molecule has 0 saturated carbocycles. The molecule has 9 heteroatoms. The van der Waals surface area contributed by atoms with E-state index in [2.05, 4.69) is 0 Å². The Hall–Kier alpha value is -2.13. The van der Waals surface area contributed by atoms with Gasteiger partial charge in [0, 0.05) is 6.54 Å². The van der Waals surface area contributed by atoms with E-state index in [1.54, 1.807) is 6.92 Å². The quantitative estimate of drug-likeness (QED) is 0.798. The molecule has 1 amide bonds. The second-order valence-electron chi connectivity index (χ2n) is 5.74. The van der Waals surface area contributed by atoms with Crippen molar-refractivity contribution in [3.8, 4) is 5.75 Å². The number of hydrogen-bond acceptors (Lipinski definition) is 5. The normalized spacial score (nSPS) is 22.1. The lowest BCUT2D eigenvalue weighted by atomic mass is 9.93. The van der Waals surface area contributed by atoms with Crippen LogP contribution in [-0.4, -0.2) is 49.4 Å². The lowest BCUT2D eigenvalue weighted by molar-refractivity contribution is -0.144. The topological polar surface area (TPSA) is 127 Å². The molecule has 1 aliphatic rings. The number of carbonyl (C=O) groups is 2. The molecule has 1 heterocycles. The number of sulfonamides is 1. The maximum Gasteiger partial charge on any atom is 0.322 e. The van der Waals surface area contributed by atoms with Crippen molar-refractivity contribution < 1.29 is 27.9 Å². The third-order valence-corrected chi connectivity index (χ3v) is 6.06. The molecule has 2 atom stereocenters. The summed E-state index contributed by atoms with van der Waals surface area (Å²) in [5.41, 5.74) is 5.18. The van der Waals surface area contributed by atoms with Gasteiger partial charge in [-0.3, -0.25) is 9.59 Å². The molecule has 1 aromatic carbocycles. The van der Waals surface area contributed by atoms with Crippen LogP contribution in [0.5, 0.6) is 5.75 Å². The van der Waals surface area contributed by atoms with Crippen LogP contribution in [0, 0.1) is 5.92 Å². The Morgan fingerprint density at radius 3 is 2.58 bits per heavy atom. The molecule has 24 heavy (non-hydrogen) atoms. The van der Waals surface area contributed by atoms with Crippen LogP contribution in [0.25, 0.3) is 0 Å². The number of carboxylic acid groups (broad SMARTS) is 1. The van der Waals surface area contributed by atoms with Gasteiger partial charge in [-0.25, -0.2) is 8.42 Å². The number of ether oxygens (including phenoxy) is 1. The zero-order valence-corrected chi connectivity index (χ0v) is 14.2. The molecule has 2 unspecified atom stereocenters. The molecule has 3 N–H and O–H groups in total. The molecule has 1 fully saturated rings. The Kier molecular flexibility index (Phi) is 5.14. The van der Waals surface area contributed by atoms with Crippen LogP contribution >= 0.6 is 0 Å². The van der Waals surface area contributed by atoms with Crippen LogP contribution in [0.1, 0.15) is 30.1 Å². The van der Waals surface area contributed by atoms with Crippen LogP contribution in [0.3, 0.4) is 0 Å². The van der Waals surface area contributed by atoms with Crippen molar-refractivity contribution in [2.75, 3.05) is 13.7 Å². The van der Waals surface area contributed by atoms with Crippen LogP contribution in [0.4, 0.5) is 0 Å². The van der Waals surface area contributed by atoms with Crippen LogP contribution in [-0.2, 0) is 14.8 Å². The van der Waals surface area contributed by atoms with Crippen molar-refractivity contribution in [2.24, 2.45) is 11.7 Å². The maximum absolute atomic E-state index is 12.9. The molecule has 8 nitrogen and oxygen atoms in total. The molecule has 132 valence electrons. The third-order valence-electron chi connectivity index (χ3n) is 4.18. The van der Waals surface area contributed by atoms with E-state index < -0.39 is 27.9 Å². The van der Waals surface area contributed by atoms with Gasteiger partial charge >= 0.3 is 5.97 Å². The summed E-state index contributed by atoms with van der Waals surface area (Å²) in [6, 6.07) is 2.59. The van der Waals surface area contributed by atoms with Gasteiger partial charge in [0.2, 0.25) is 10.0 Å². The largest absolute Gasteiger partial charge is 0.496 e. The smallest absolute Gasteiger partial charge is 0.322 e. The highest BCUT2D eigenvalue weighted by molar-refractivity contribution is 7.89. The van der Waals surface area contributed by atoms with E-state index in [1.807, 2.05) is 0 Å².